The summed E-state index contributed by atoms with van der Waals surface area (Å²) < 4.78 is 0.346. The molecule has 0 saturated heterocycles. The van der Waals surface area contributed by atoms with Crippen molar-refractivity contribution in [2.24, 2.45) is 0 Å². The number of phenols is 1. The van der Waals surface area contributed by atoms with Gasteiger partial charge in [0.1, 0.15) is 11.3 Å². The van der Waals surface area contributed by atoms with Crippen LogP contribution in [0.3, 0.4) is 0 Å². The molecule has 2 amide bonds. The number of carboxylic acids is 1. The van der Waals surface area contributed by atoms with Gasteiger partial charge in [-0.3, -0.25) is 14.5 Å². The van der Waals surface area contributed by atoms with E-state index in [-0.39, 0.29) is 11.3 Å². The van der Waals surface area contributed by atoms with Crippen LogP contribution in [0.5, 0.6) is 5.75 Å². The zero-order valence-corrected chi connectivity index (χ0v) is 12.9. The fourth-order valence-electron chi connectivity index (χ4n) is 1.93. The van der Waals surface area contributed by atoms with E-state index in [9.17, 15) is 19.5 Å². The van der Waals surface area contributed by atoms with Gasteiger partial charge in [-0.15, -0.1) is 0 Å². The van der Waals surface area contributed by atoms with E-state index in [1.807, 2.05) is 0 Å². The predicted molar refractivity (Wildman–Crippen MR) is 82.4 cm³/mol. The van der Waals surface area contributed by atoms with Crippen LogP contribution in [0.25, 0.3) is 6.08 Å². The molecule has 0 atom stereocenters. The molecule has 0 aromatic heterocycles. The van der Waals surface area contributed by atoms with Crippen molar-refractivity contribution in [2.45, 2.75) is 6.42 Å². The standard InChI is InChI=1S/C15H12BrNO5/c16-11-2-1-7-17(14(11)20)13(19)6-4-9-3-5-12(18)10(8-9)15(21)22/h2-6,8,18H,1,7H2,(H,21,22)/b6-4+. The first-order valence-corrected chi connectivity index (χ1v) is 7.15. The van der Waals surface area contributed by atoms with Crippen molar-refractivity contribution in [3.8, 4) is 5.75 Å². The number of amides is 2. The molecule has 1 aliphatic rings. The van der Waals surface area contributed by atoms with Crippen LogP contribution in [0.15, 0.2) is 34.8 Å². The Bertz CT molecular complexity index is 708. The fraction of sp³-hybridized carbons (Fsp3) is 0.133. The lowest BCUT2D eigenvalue weighted by Crippen LogP contribution is -2.38. The normalized spacial score (nSPS) is 15.0. The molecule has 0 unspecified atom stereocenters. The minimum absolute atomic E-state index is 0.255. The Labute approximate surface area is 134 Å². The smallest absolute Gasteiger partial charge is 0.339 e. The molecule has 1 aliphatic heterocycles. The molecule has 6 nitrogen and oxygen atoms in total. The van der Waals surface area contributed by atoms with E-state index in [1.54, 1.807) is 6.08 Å². The second-order valence-corrected chi connectivity index (χ2v) is 5.41. The maximum Gasteiger partial charge on any atom is 0.339 e. The van der Waals surface area contributed by atoms with Gasteiger partial charge in [0.2, 0.25) is 0 Å². The second-order valence-electron chi connectivity index (χ2n) is 4.55. The van der Waals surface area contributed by atoms with Gasteiger partial charge in [0, 0.05) is 12.6 Å². The summed E-state index contributed by atoms with van der Waals surface area (Å²) in [7, 11) is 0. The summed E-state index contributed by atoms with van der Waals surface area (Å²) in [5, 5.41) is 18.3. The maximum absolute atomic E-state index is 12.0. The highest BCUT2D eigenvalue weighted by molar-refractivity contribution is 9.12. The quantitative estimate of drug-likeness (QED) is 0.800. The van der Waals surface area contributed by atoms with Gasteiger partial charge in [0.15, 0.2) is 0 Å². The molecular weight excluding hydrogens is 354 g/mol. The highest BCUT2D eigenvalue weighted by Crippen LogP contribution is 2.20. The Kier molecular flexibility index (Phi) is 4.77. The summed E-state index contributed by atoms with van der Waals surface area (Å²) in [6.45, 7) is 0.299. The van der Waals surface area contributed by atoms with Crippen molar-refractivity contribution < 1.29 is 24.6 Å². The van der Waals surface area contributed by atoms with E-state index in [2.05, 4.69) is 15.9 Å². The van der Waals surface area contributed by atoms with Crippen LogP contribution in [-0.4, -0.2) is 39.4 Å². The highest BCUT2D eigenvalue weighted by Gasteiger charge is 2.24. The molecule has 2 N–H and O–H groups in total. The summed E-state index contributed by atoms with van der Waals surface area (Å²) in [6.07, 6.45) is 4.87. The Hall–Kier alpha value is -2.41. The number of carbonyl (C=O) groups excluding carboxylic acids is 2. The molecule has 0 saturated carbocycles. The SMILES string of the molecule is O=C(O)c1cc(/C=C/C(=O)N2CCC=C(Br)C2=O)ccc1O. The average Bonchev–Trinajstić information content (AvgIpc) is 2.48. The monoisotopic (exact) mass is 365 g/mol. The number of rotatable bonds is 3. The van der Waals surface area contributed by atoms with E-state index in [4.69, 9.17) is 5.11 Å². The van der Waals surface area contributed by atoms with Crippen molar-refractivity contribution in [3.05, 3.63) is 46.0 Å². The van der Waals surface area contributed by atoms with Gasteiger partial charge < -0.3 is 10.2 Å². The van der Waals surface area contributed by atoms with E-state index in [0.29, 0.717) is 23.0 Å². The summed E-state index contributed by atoms with van der Waals surface area (Å²) in [4.78, 5) is 35.8. The van der Waals surface area contributed by atoms with Crippen molar-refractivity contribution in [1.82, 2.24) is 4.90 Å². The third-order valence-corrected chi connectivity index (χ3v) is 3.72. The van der Waals surface area contributed by atoms with Crippen LogP contribution in [0.4, 0.5) is 0 Å². The molecule has 0 spiro atoms. The number of carbonyl (C=O) groups is 3. The van der Waals surface area contributed by atoms with Crippen LogP contribution in [-0.2, 0) is 9.59 Å². The highest BCUT2D eigenvalue weighted by atomic mass is 79.9. The van der Waals surface area contributed by atoms with Crippen molar-refractivity contribution >= 4 is 39.8 Å². The molecule has 1 heterocycles. The number of aromatic hydroxyl groups is 1. The predicted octanol–water partition coefficient (Wildman–Crippen LogP) is 2.14. The van der Waals surface area contributed by atoms with Gasteiger partial charge in [-0.05, 0) is 46.1 Å². The molecule has 0 aliphatic carbocycles. The molecule has 0 radical (unpaired) electrons. The van der Waals surface area contributed by atoms with Crippen LogP contribution >= 0.6 is 15.9 Å². The topological polar surface area (TPSA) is 94.9 Å². The number of aromatic carboxylic acids is 1. The molecule has 22 heavy (non-hydrogen) atoms. The van der Waals surface area contributed by atoms with E-state index < -0.39 is 17.8 Å². The largest absolute Gasteiger partial charge is 0.507 e. The Morgan fingerprint density at radius 1 is 1.32 bits per heavy atom. The van der Waals surface area contributed by atoms with Gasteiger partial charge >= 0.3 is 5.97 Å². The van der Waals surface area contributed by atoms with Gasteiger partial charge in [0.25, 0.3) is 11.8 Å². The minimum atomic E-state index is -1.26. The first-order chi connectivity index (χ1) is 10.4. The van der Waals surface area contributed by atoms with E-state index >= 15 is 0 Å². The first-order valence-electron chi connectivity index (χ1n) is 6.36. The molecule has 7 heteroatoms. The van der Waals surface area contributed by atoms with Crippen LogP contribution in [0.2, 0.25) is 0 Å². The lowest BCUT2D eigenvalue weighted by Gasteiger charge is -2.21. The first kappa shape index (κ1) is 16.0. The second kappa shape index (κ2) is 6.57. The molecular formula is C15H12BrNO5. The van der Waals surface area contributed by atoms with Crippen molar-refractivity contribution in [1.29, 1.82) is 0 Å². The fourth-order valence-corrected chi connectivity index (χ4v) is 2.38. The van der Waals surface area contributed by atoms with Gasteiger partial charge in [0.05, 0.1) is 4.48 Å². The number of halogens is 1. The zero-order chi connectivity index (χ0) is 16.3. The molecule has 114 valence electrons. The number of hydrogen-bond donors (Lipinski definition) is 2. The van der Waals surface area contributed by atoms with Crippen molar-refractivity contribution in [3.63, 3.8) is 0 Å². The number of imide groups is 1. The number of benzene rings is 1. The number of hydrogen-bond acceptors (Lipinski definition) is 4. The zero-order valence-electron chi connectivity index (χ0n) is 11.3. The third-order valence-electron chi connectivity index (χ3n) is 3.06. The van der Waals surface area contributed by atoms with E-state index in [1.165, 1.54) is 30.4 Å². The molecule has 0 bridgehead atoms. The lowest BCUT2D eigenvalue weighted by molar-refractivity contribution is -0.139. The van der Waals surface area contributed by atoms with Crippen LogP contribution in [0.1, 0.15) is 22.3 Å². The third kappa shape index (κ3) is 3.43. The number of carboxylic acid groups (broad SMARTS) is 1. The Morgan fingerprint density at radius 3 is 2.73 bits per heavy atom. The lowest BCUT2D eigenvalue weighted by atomic mass is 10.1. The molecule has 1 aromatic carbocycles. The van der Waals surface area contributed by atoms with Crippen LogP contribution < -0.4 is 0 Å². The van der Waals surface area contributed by atoms with E-state index in [0.717, 1.165) is 4.90 Å². The summed E-state index contributed by atoms with van der Waals surface area (Å²) in [6, 6.07) is 3.95. The Morgan fingerprint density at radius 2 is 2.05 bits per heavy atom. The van der Waals surface area contributed by atoms with Gasteiger partial charge in [-0.25, -0.2) is 4.79 Å². The molecule has 1 aromatic rings. The summed E-state index contributed by atoms with van der Waals surface area (Å²) in [5.41, 5.74) is 0.178. The summed E-state index contributed by atoms with van der Waals surface area (Å²) in [5.74, 6) is -2.51. The van der Waals surface area contributed by atoms with Gasteiger partial charge in [-0.1, -0.05) is 12.1 Å². The number of nitrogens with zero attached hydrogens (tertiary/aromatic N) is 1. The molecule has 2 rings (SSSR count). The molecule has 0 fully saturated rings. The summed E-state index contributed by atoms with van der Waals surface area (Å²) >= 11 is 3.09. The van der Waals surface area contributed by atoms with Crippen LogP contribution in [0, 0.1) is 0 Å². The minimum Gasteiger partial charge on any atom is -0.507 e. The maximum atomic E-state index is 12.0. The average molecular weight is 366 g/mol. The van der Waals surface area contributed by atoms with Crippen molar-refractivity contribution in [2.75, 3.05) is 6.54 Å². The van der Waals surface area contributed by atoms with Gasteiger partial charge in [-0.2, -0.15) is 0 Å². The Balaban J connectivity index is 2.17.